The summed E-state index contributed by atoms with van der Waals surface area (Å²) in [4.78, 5) is 14.1. The lowest BCUT2D eigenvalue weighted by Crippen LogP contribution is -2.53. The Hall–Kier alpha value is -1.26. The topological polar surface area (TPSA) is 104 Å². The average Bonchev–Trinajstić information content (AvgIpc) is 2.30. The molecule has 1 unspecified atom stereocenters. The summed E-state index contributed by atoms with van der Waals surface area (Å²) in [7, 11) is 0. The number of carbonyl (C=O) groups excluding carboxylic acids is 1. The van der Waals surface area contributed by atoms with Gasteiger partial charge < -0.3 is 11.1 Å². The normalized spacial score (nSPS) is 13.8. The Labute approximate surface area is 103 Å². The Kier molecular flexibility index (Phi) is 8.19. The lowest BCUT2D eigenvalue weighted by molar-refractivity contribution is -0.124. The highest BCUT2D eigenvalue weighted by molar-refractivity contribution is 5.84. The second-order valence-corrected chi connectivity index (χ2v) is 4.39. The fourth-order valence-corrected chi connectivity index (χ4v) is 1.63. The molecule has 98 valence electrons. The zero-order chi connectivity index (χ0) is 13.1. The SMILES string of the molecule is CCCCCCC(C)(NCCN=[N+]=[N-])C(N)=O. The molecule has 0 spiro atoms. The first-order valence-corrected chi connectivity index (χ1v) is 6.12. The third-order valence-electron chi connectivity index (χ3n) is 2.86. The molecular formula is C11H23N5O. The van der Waals surface area contributed by atoms with Crippen LogP contribution in [0.2, 0.25) is 0 Å². The third-order valence-corrected chi connectivity index (χ3v) is 2.86. The molecule has 3 N–H and O–H groups in total. The van der Waals surface area contributed by atoms with Crippen molar-refractivity contribution < 1.29 is 4.79 Å². The average molecular weight is 241 g/mol. The fraction of sp³-hybridized carbons (Fsp3) is 0.909. The van der Waals surface area contributed by atoms with Crippen LogP contribution in [0, 0.1) is 0 Å². The minimum atomic E-state index is -0.696. The molecule has 0 radical (unpaired) electrons. The second-order valence-electron chi connectivity index (χ2n) is 4.39. The van der Waals surface area contributed by atoms with Gasteiger partial charge in [-0.25, -0.2) is 0 Å². The van der Waals surface area contributed by atoms with Crippen LogP contribution in [-0.2, 0) is 4.79 Å². The molecule has 0 rings (SSSR count). The van der Waals surface area contributed by atoms with E-state index in [0.717, 1.165) is 25.7 Å². The van der Waals surface area contributed by atoms with Gasteiger partial charge in [-0.1, -0.05) is 37.7 Å². The van der Waals surface area contributed by atoms with Crippen LogP contribution in [0.1, 0.15) is 46.0 Å². The first-order valence-electron chi connectivity index (χ1n) is 6.12. The predicted molar refractivity (Wildman–Crippen MR) is 68.4 cm³/mol. The minimum Gasteiger partial charge on any atom is -0.368 e. The van der Waals surface area contributed by atoms with Gasteiger partial charge in [-0.3, -0.25) is 4.79 Å². The monoisotopic (exact) mass is 241 g/mol. The van der Waals surface area contributed by atoms with E-state index < -0.39 is 5.54 Å². The Balaban J connectivity index is 4.06. The molecule has 0 aromatic heterocycles. The van der Waals surface area contributed by atoms with Gasteiger partial charge in [0.25, 0.3) is 0 Å². The van der Waals surface area contributed by atoms with Crippen LogP contribution in [0.15, 0.2) is 5.11 Å². The summed E-state index contributed by atoms with van der Waals surface area (Å²) in [5.74, 6) is -0.352. The minimum absolute atomic E-state index is 0.328. The highest BCUT2D eigenvalue weighted by Crippen LogP contribution is 2.14. The van der Waals surface area contributed by atoms with Crippen molar-refractivity contribution >= 4 is 5.91 Å². The third kappa shape index (κ3) is 6.81. The summed E-state index contributed by atoms with van der Waals surface area (Å²) in [6, 6.07) is 0. The van der Waals surface area contributed by atoms with Gasteiger partial charge in [-0.2, -0.15) is 0 Å². The van der Waals surface area contributed by atoms with E-state index in [2.05, 4.69) is 22.3 Å². The largest absolute Gasteiger partial charge is 0.368 e. The van der Waals surface area contributed by atoms with E-state index >= 15 is 0 Å². The van der Waals surface area contributed by atoms with Gasteiger partial charge in [0.15, 0.2) is 0 Å². The van der Waals surface area contributed by atoms with E-state index in [9.17, 15) is 4.79 Å². The highest BCUT2D eigenvalue weighted by atomic mass is 16.1. The molecule has 1 atom stereocenters. The summed E-state index contributed by atoms with van der Waals surface area (Å²) in [6.45, 7) is 4.74. The van der Waals surface area contributed by atoms with Gasteiger partial charge in [0.05, 0.1) is 5.54 Å². The smallest absolute Gasteiger partial charge is 0.237 e. The van der Waals surface area contributed by atoms with Crippen LogP contribution in [0.4, 0.5) is 0 Å². The molecule has 0 fully saturated rings. The maximum atomic E-state index is 11.4. The molecule has 6 heteroatoms. The van der Waals surface area contributed by atoms with Crippen LogP contribution < -0.4 is 11.1 Å². The molecule has 0 saturated heterocycles. The van der Waals surface area contributed by atoms with Crippen LogP contribution in [-0.4, -0.2) is 24.5 Å². The predicted octanol–water partition coefficient (Wildman–Crippen LogP) is 2.10. The summed E-state index contributed by atoms with van der Waals surface area (Å²) in [5, 5.41) is 6.48. The van der Waals surface area contributed by atoms with Crippen LogP contribution in [0.25, 0.3) is 10.4 Å². The van der Waals surface area contributed by atoms with Crippen molar-refractivity contribution in [3.8, 4) is 0 Å². The number of nitrogens with zero attached hydrogens (tertiary/aromatic N) is 3. The van der Waals surface area contributed by atoms with Gasteiger partial charge in [0, 0.05) is 18.0 Å². The number of unbranched alkanes of at least 4 members (excludes halogenated alkanes) is 3. The molecule has 0 aliphatic carbocycles. The fourth-order valence-electron chi connectivity index (χ4n) is 1.63. The summed E-state index contributed by atoms with van der Waals surface area (Å²) < 4.78 is 0. The van der Waals surface area contributed by atoms with E-state index in [4.69, 9.17) is 11.3 Å². The molecule has 1 amide bonds. The number of carbonyl (C=O) groups is 1. The second kappa shape index (κ2) is 8.84. The Morgan fingerprint density at radius 2 is 2.18 bits per heavy atom. The van der Waals surface area contributed by atoms with E-state index in [1.54, 1.807) is 6.92 Å². The van der Waals surface area contributed by atoms with Gasteiger partial charge >= 0.3 is 0 Å². The quantitative estimate of drug-likeness (QED) is 0.264. The molecule has 0 aliphatic rings. The first-order chi connectivity index (χ1) is 8.06. The van der Waals surface area contributed by atoms with E-state index in [0.29, 0.717) is 13.1 Å². The number of hydrogen-bond donors (Lipinski definition) is 2. The number of primary amides is 1. The highest BCUT2D eigenvalue weighted by Gasteiger charge is 2.29. The molecule has 0 bridgehead atoms. The van der Waals surface area contributed by atoms with Crippen molar-refractivity contribution in [2.45, 2.75) is 51.5 Å². The van der Waals surface area contributed by atoms with Crippen molar-refractivity contribution in [3.63, 3.8) is 0 Å². The standard InChI is InChI=1S/C11H23N5O/c1-3-4-5-6-7-11(2,10(12)17)14-8-9-15-16-13/h14H,3-9H2,1-2H3,(H2,12,17). The summed E-state index contributed by atoms with van der Waals surface area (Å²) >= 11 is 0. The zero-order valence-electron chi connectivity index (χ0n) is 10.8. The lowest BCUT2D eigenvalue weighted by atomic mass is 9.93. The molecule has 0 saturated carbocycles. The van der Waals surface area contributed by atoms with Crippen LogP contribution in [0.5, 0.6) is 0 Å². The molecule has 0 aromatic carbocycles. The van der Waals surface area contributed by atoms with E-state index in [1.165, 1.54) is 6.42 Å². The number of nitrogens with two attached hydrogens (primary N) is 1. The summed E-state index contributed by atoms with van der Waals surface area (Å²) in [6.07, 6.45) is 5.14. The van der Waals surface area contributed by atoms with Crippen LogP contribution in [0.3, 0.4) is 0 Å². The van der Waals surface area contributed by atoms with Crippen LogP contribution >= 0.6 is 0 Å². The zero-order valence-corrected chi connectivity index (χ0v) is 10.8. The number of azide groups is 1. The maximum Gasteiger partial charge on any atom is 0.237 e. The Bertz CT molecular complexity index is 275. The van der Waals surface area contributed by atoms with Crippen molar-refractivity contribution in [3.05, 3.63) is 10.4 Å². The van der Waals surface area contributed by atoms with Gasteiger partial charge in [-0.05, 0) is 18.9 Å². The number of nitrogens with one attached hydrogen (secondary N) is 1. The Morgan fingerprint density at radius 3 is 2.71 bits per heavy atom. The van der Waals surface area contributed by atoms with E-state index in [1.807, 2.05) is 0 Å². The molecule has 17 heavy (non-hydrogen) atoms. The van der Waals surface area contributed by atoms with E-state index in [-0.39, 0.29) is 5.91 Å². The maximum absolute atomic E-state index is 11.4. The molecule has 0 aliphatic heterocycles. The van der Waals surface area contributed by atoms with Crippen molar-refractivity contribution in [1.29, 1.82) is 0 Å². The summed E-state index contributed by atoms with van der Waals surface area (Å²) in [5.41, 5.74) is 12.8. The molecular weight excluding hydrogens is 218 g/mol. The molecule has 0 aromatic rings. The Morgan fingerprint density at radius 1 is 1.47 bits per heavy atom. The van der Waals surface area contributed by atoms with Gasteiger partial charge in [0.2, 0.25) is 5.91 Å². The molecule has 6 nitrogen and oxygen atoms in total. The molecule has 0 heterocycles. The lowest BCUT2D eigenvalue weighted by Gasteiger charge is -2.27. The number of rotatable bonds is 10. The first kappa shape index (κ1) is 15.7. The van der Waals surface area contributed by atoms with Crippen molar-refractivity contribution in [2.24, 2.45) is 10.8 Å². The van der Waals surface area contributed by atoms with Gasteiger partial charge in [-0.15, -0.1) is 0 Å². The number of amides is 1. The van der Waals surface area contributed by atoms with Crippen molar-refractivity contribution in [1.82, 2.24) is 5.32 Å². The number of hydrogen-bond acceptors (Lipinski definition) is 3. The van der Waals surface area contributed by atoms with Crippen molar-refractivity contribution in [2.75, 3.05) is 13.1 Å². The van der Waals surface area contributed by atoms with Gasteiger partial charge in [0.1, 0.15) is 0 Å².